The minimum absolute atomic E-state index is 0.274. The van der Waals surface area contributed by atoms with E-state index in [1.807, 2.05) is 14.0 Å². The van der Waals surface area contributed by atoms with Crippen LogP contribution in [0.3, 0.4) is 0 Å². The molecule has 1 N–H and O–H groups in total. The highest BCUT2D eigenvalue weighted by molar-refractivity contribution is 5.91. The Morgan fingerprint density at radius 3 is 2.92 bits per heavy atom. The molecule has 0 aliphatic carbocycles. The van der Waals surface area contributed by atoms with Crippen LogP contribution in [0, 0.1) is 0 Å². The molecule has 1 unspecified atom stereocenters. The average Bonchev–Trinajstić information content (AvgIpc) is 2.70. The Morgan fingerprint density at radius 2 is 2.46 bits per heavy atom. The van der Waals surface area contributed by atoms with Crippen LogP contribution in [0.5, 0.6) is 0 Å². The maximum absolute atomic E-state index is 11.7. The first-order valence-electron chi connectivity index (χ1n) is 4.39. The average molecular weight is 179 g/mol. The minimum Gasteiger partial charge on any atom is -0.297 e. The van der Waals surface area contributed by atoms with Crippen LogP contribution < -0.4 is 0 Å². The van der Waals surface area contributed by atoms with Crippen molar-refractivity contribution in [3.8, 4) is 0 Å². The zero-order valence-electron chi connectivity index (χ0n) is 7.87. The fraction of sp³-hybridized carbons (Fsp3) is 0.556. The third-order valence-corrected chi connectivity index (χ3v) is 3.04. The van der Waals surface area contributed by atoms with Gasteiger partial charge in [0.05, 0.1) is 6.20 Å². The number of hydrogen-bond donors (Lipinski definition) is 1. The van der Waals surface area contributed by atoms with E-state index in [-0.39, 0.29) is 5.78 Å². The molecule has 4 heteroatoms. The van der Waals surface area contributed by atoms with E-state index < -0.39 is 5.54 Å². The molecule has 0 radical (unpaired) electrons. The van der Waals surface area contributed by atoms with Gasteiger partial charge < -0.3 is 0 Å². The van der Waals surface area contributed by atoms with Crippen molar-refractivity contribution in [1.29, 1.82) is 0 Å². The number of hydrogen-bond acceptors (Lipinski definition) is 3. The number of nitrogens with one attached hydrogen (secondary N) is 1. The molecule has 0 bridgehead atoms. The number of nitrogens with zero attached hydrogens (tertiary/aromatic N) is 2. The van der Waals surface area contributed by atoms with Gasteiger partial charge >= 0.3 is 0 Å². The normalized spacial score (nSPS) is 29.8. The lowest BCUT2D eigenvalue weighted by molar-refractivity contribution is -0.124. The molecule has 2 rings (SSSR count). The Balaban J connectivity index is 2.44. The Morgan fingerprint density at radius 1 is 1.69 bits per heavy atom. The number of likely N-dealkylation sites (tertiary alicyclic amines) is 1. The molecule has 1 fully saturated rings. The predicted octanol–water partition coefficient (Wildman–Crippen LogP) is 0.529. The zero-order chi connectivity index (χ0) is 9.47. The zero-order valence-corrected chi connectivity index (χ0v) is 7.87. The number of carbonyl (C=O) groups excluding carboxylic acids is 1. The molecule has 4 nitrogen and oxygen atoms in total. The molecule has 70 valence electrons. The van der Waals surface area contributed by atoms with Crippen molar-refractivity contribution >= 4 is 5.78 Å². The van der Waals surface area contributed by atoms with E-state index in [0.717, 1.165) is 12.1 Å². The van der Waals surface area contributed by atoms with Crippen LogP contribution in [0.4, 0.5) is 0 Å². The molecule has 1 aromatic rings. The summed E-state index contributed by atoms with van der Waals surface area (Å²) >= 11 is 0. The molecular weight excluding hydrogens is 166 g/mol. The van der Waals surface area contributed by atoms with Crippen molar-refractivity contribution in [2.24, 2.45) is 0 Å². The van der Waals surface area contributed by atoms with E-state index in [4.69, 9.17) is 0 Å². The highest BCUT2D eigenvalue weighted by Gasteiger charge is 2.43. The van der Waals surface area contributed by atoms with Gasteiger partial charge in [-0.3, -0.25) is 14.8 Å². The van der Waals surface area contributed by atoms with Crippen molar-refractivity contribution in [2.45, 2.75) is 18.9 Å². The first kappa shape index (κ1) is 8.44. The fourth-order valence-corrected chi connectivity index (χ4v) is 1.85. The summed E-state index contributed by atoms with van der Waals surface area (Å²) in [7, 11) is 1.97. The van der Waals surface area contributed by atoms with Crippen LogP contribution >= 0.6 is 0 Å². The second kappa shape index (κ2) is 2.67. The number of H-pyrrole nitrogens is 1. The molecule has 0 spiro atoms. The Bertz CT molecular complexity index is 320. The molecule has 0 saturated carbocycles. The lowest BCUT2D eigenvalue weighted by Crippen LogP contribution is -2.40. The van der Waals surface area contributed by atoms with E-state index in [1.165, 1.54) is 0 Å². The maximum atomic E-state index is 11.7. The summed E-state index contributed by atoms with van der Waals surface area (Å²) in [5, 5.41) is 6.62. The Kier molecular flexibility index (Phi) is 1.73. The van der Waals surface area contributed by atoms with Crippen LogP contribution in [0.15, 0.2) is 12.4 Å². The fourth-order valence-electron chi connectivity index (χ4n) is 1.85. The summed E-state index contributed by atoms with van der Waals surface area (Å²) in [6.07, 6.45) is 4.15. The maximum Gasteiger partial charge on any atom is 0.158 e. The van der Waals surface area contributed by atoms with Crippen LogP contribution in [0.1, 0.15) is 18.9 Å². The summed E-state index contributed by atoms with van der Waals surface area (Å²) in [6, 6.07) is 0. The molecule has 1 aliphatic heterocycles. The summed E-state index contributed by atoms with van der Waals surface area (Å²) in [4.78, 5) is 13.8. The van der Waals surface area contributed by atoms with Crippen LogP contribution in [-0.2, 0) is 10.3 Å². The van der Waals surface area contributed by atoms with Gasteiger partial charge in [-0.15, -0.1) is 0 Å². The summed E-state index contributed by atoms with van der Waals surface area (Å²) in [5.41, 5.74) is 0.491. The first-order valence-corrected chi connectivity index (χ1v) is 4.39. The second-order valence-electron chi connectivity index (χ2n) is 3.65. The van der Waals surface area contributed by atoms with Gasteiger partial charge in [0.1, 0.15) is 5.54 Å². The van der Waals surface area contributed by atoms with Crippen molar-refractivity contribution in [3.05, 3.63) is 18.0 Å². The Hall–Kier alpha value is -1.16. The molecule has 1 atom stereocenters. The highest BCUT2D eigenvalue weighted by Crippen LogP contribution is 2.33. The minimum atomic E-state index is -0.465. The van der Waals surface area contributed by atoms with Gasteiger partial charge in [0.2, 0.25) is 0 Å². The van der Waals surface area contributed by atoms with Gasteiger partial charge in [-0.2, -0.15) is 5.10 Å². The van der Waals surface area contributed by atoms with E-state index in [9.17, 15) is 4.79 Å². The topological polar surface area (TPSA) is 49.0 Å². The van der Waals surface area contributed by atoms with Crippen molar-refractivity contribution in [2.75, 3.05) is 13.6 Å². The van der Waals surface area contributed by atoms with Crippen molar-refractivity contribution in [1.82, 2.24) is 15.1 Å². The van der Waals surface area contributed by atoms with Crippen molar-refractivity contribution < 1.29 is 4.79 Å². The quantitative estimate of drug-likeness (QED) is 0.684. The van der Waals surface area contributed by atoms with Crippen LogP contribution in [0.25, 0.3) is 0 Å². The van der Waals surface area contributed by atoms with Crippen molar-refractivity contribution in [3.63, 3.8) is 0 Å². The second-order valence-corrected chi connectivity index (χ2v) is 3.65. The van der Waals surface area contributed by atoms with Gasteiger partial charge in [0.15, 0.2) is 5.78 Å². The lowest BCUT2D eigenvalue weighted by atomic mass is 9.91. The molecule has 0 amide bonds. The van der Waals surface area contributed by atoms with Gasteiger partial charge in [-0.1, -0.05) is 0 Å². The van der Waals surface area contributed by atoms with Gasteiger partial charge in [-0.25, -0.2) is 0 Å². The van der Waals surface area contributed by atoms with Crippen LogP contribution in [-0.4, -0.2) is 34.5 Å². The van der Waals surface area contributed by atoms with E-state index in [0.29, 0.717) is 6.42 Å². The Labute approximate surface area is 76.9 Å². The third-order valence-electron chi connectivity index (χ3n) is 3.04. The number of ketones is 1. The first-order chi connectivity index (χ1) is 6.15. The molecule has 1 aromatic heterocycles. The summed E-state index contributed by atoms with van der Waals surface area (Å²) in [6.45, 7) is 2.79. The standard InChI is InChI=1S/C9H13N3O/c1-9(7-5-10-11-6-7)8(13)3-4-12(9)2/h5-6H,3-4H2,1-2H3,(H,10,11). The molecular formula is C9H13N3O. The predicted molar refractivity (Wildman–Crippen MR) is 48.2 cm³/mol. The SMILES string of the molecule is CN1CCC(=O)C1(C)c1cn[nH]c1. The lowest BCUT2D eigenvalue weighted by Gasteiger charge is -2.29. The molecule has 0 aromatic carbocycles. The summed E-state index contributed by atoms with van der Waals surface area (Å²) < 4.78 is 0. The number of carbonyl (C=O) groups is 1. The number of likely N-dealkylation sites (N-methyl/N-ethyl adjacent to an activating group) is 1. The smallest absolute Gasteiger partial charge is 0.158 e. The van der Waals surface area contributed by atoms with Gasteiger partial charge in [0, 0.05) is 24.7 Å². The van der Waals surface area contributed by atoms with E-state index in [2.05, 4.69) is 15.1 Å². The van der Waals surface area contributed by atoms with E-state index in [1.54, 1.807) is 12.4 Å². The van der Waals surface area contributed by atoms with Gasteiger partial charge in [-0.05, 0) is 14.0 Å². The number of aromatic amines is 1. The van der Waals surface area contributed by atoms with Gasteiger partial charge in [0.25, 0.3) is 0 Å². The number of aromatic nitrogens is 2. The number of Topliss-reactive ketones (excluding diaryl/α,β-unsaturated/α-hetero) is 1. The molecule has 1 aliphatic rings. The highest BCUT2D eigenvalue weighted by atomic mass is 16.1. The monoisotopic (exact) mass is 179 g/mol. The molecule has 1 saturated heterocycles. The molecule has 13 heavy (non-hydrogen) atoms. The third kappa shape index (κ3) is 1.02. The number of rotatable bonds is 1. The largest absolute Gasteiger partial charge is 0.297 e. The van der Waals surface area contributed by atoms with Crippen LogP contribution in [0.2, 0.25) is 0 Å². The summed E-state index contributed by atoms with van der Waals surface area (Å²) in [5.74, 6) is 0.274. The molecule has 2 heterocycles. The van der Waals surface area contributed by atoms with E-state index >= 15 is 0 Å².